The molecule has 140 valence electrons. The minimum absolute atomic E-state index is 0.0850. The number of pyridine rings is 2. The number of aliphatic hydroxyl groups is 1. The number of hydrogen-bond acceptors (Lipinski definition) is 6. The van der Waals surface area contributed by atoms with Gasteiger partial charge in [0, 0.05) is 43.1 Å². The summed E-state index contributed by atoms with van der Waals surface area (Å²) in [6, 6.07) is 5.72. The number of Topliss-reactive ketones (excluding diaryl/α,β-unsaturated/α-hetero) is 1. The van der Waals surface area contributed by atoms with Crippen LogP contribution in [0, 0.1) is 18.8 Å². The lowest BCUT2D eigenvalue weighted by Gasteiger charge is -2.26. The molecule has 6 heteroatoms. The largest absolute Gasteiger partial charge is 0.439 e. The van der Waals surface area contributed by atoms with Crippen LogP contribution in [0.3, 0.4) is 0 Å². The minimum Gasteiger partial charge on any atom is -0.439 e. The maximum Gasteiger partial charge on any atom is 0.191 e. The highest BCUT2D eigenvalue weighted by molar-refractivity contribution is 5.85. The molecule has 0 aliphatic heterocycles. The fourth-order valence-electron chi connectivity index (χ4n) is 3.76. The molecule has 1 aliphatic carbocycles. The van der Waals surface area contributed by atoms with Gasteiger partial charge in [0.15, 0.2) is 11.7 Å². The van der Waals surface area contributed by atoms with E-state index in [2.05, 4.69) is 15.0 Å². The van der Waals surface area contributed by atoms with Crippen LogP contribution in [0.1, 0.15) is 37.3 Å². The van der Waals surface area contributed by atoms with E-state index in [0.29, 0.717) is 29.7 Å². The SMILES string of the molecule is Cc1ncc(-c2ccc3cnc(CC(=O)C4CCC(CO)CC4)cc3n2)o1. The molecule has 0 unspecified atom stereocenters. The van der Waals surface area contributed by atoms with Gasteiger partial charge in [0.25, 0.3) is 0 Å². The zero-order valence-electron chi connectivity index (χ0n) is 15.4. The van der Waals surface area contributed by atoms with Gasteiger partial charge in [-0.3, -0.25) is 9.78 Å². The maximum absolute atomic E-state index is 12.6. The van der Waals surface area contributed by atoms with Gasteiger partial charge in [-0.05, 0) is 49.8 Å². The normalized spacial score (nSPS) is 20.1. The second-order valence-electron chi connectivity index (χ2n) is 7.35. The number of oxazole rings is 1. The Balaban J connectivity index is 1.51. The van der Waals surface area contributed by atoms with Gasteiger partial charge in [-0.25, -0.2) is 9.97 Å². The molecule has 0 saturated heterocycles. The topological polar surface area (TPSA) is 89.1 Å². The van der Waals surface area contributed by atoms with Crippen molar-refractivity contribution in [3.8, 4) is 11.5 Å². The average Bonchev–Trinajstić information content (AvgIpc) is 3.14. The number of fused-ring (bicyclic) bond motifs is 1. The van der Waals surface area contributed by atoms with Gasteiger partial charge in [-0.15, -0.1) is 0 Å². The van der Waals surface area contributed by atoms with E-state index in [1.165, 1.54) is 0 Å². The van der Waals surface area contributed by atoms with E-state index in [1.807, 2.05) is 18.2 Å². The summed E-state index contributed by atoms with van der Waals surface area (Å²) >= 11 is 0. The Morgan fingerprint density at radius 2 is 2.00 bits per heavy atom. The first-order valence-electron chi connectivity index (χ1n) is 9.44. The third-order valence-corrected chi connectivity index (χ3v) is 5.42. The number of aromatic nitrogens is 3. The Kier molecular flexibility index (Phi) is 4.99. The molecule has 1 fully saturated rings. The fourth-order valence-corrected chi connectivity index (χ4v) is 3.76. The van der Waals surface area contributed by atoms with E-state index in [1.54, 1.807) is 19.3 Å². The zero-order valence-corrected chi connectivity index (χ0v) is 15.4. The number of carbonyl (C=O) groups is 1. The third kappa shape index (κ3) is 3.90. The molecule has 3 aromatic heterocycles. The lowest BCUT2D eigenvalue weighted by molar-refractivity contribution is -0.123. The van der Waals surface area contributed by atoms with Crippen LogP contribution >= 0.6 is 0 Å². The summed E-state index contributed by atoms with van der Waals surface area (Å²) in [5.41, 5.74) is 2.26. The summed E-state index contributed by atoms with van der Waals surface area (Å²) < 4.78 is 5.55. The molecule has 0 atom stereocenters. The predicted octanol–water partition coefficient (Wildman–Crippen LogP) is 3.50. The Bertz CT molecular complexity index is 958. The van der Waals surface area contributed by atoms with Crippen molar-refractivity contribution < 1.29 is 14.3 Å². The number of hydrogen-bond donors (Lipinski definition) is 1. The van der Waals surface area contributed by atoms with Crippen LogP contribution < -0.4 is 0 Å². The van der Waals surface area contributed by atoms with E-state index >= 15 is 0 Å². The molecule has 0 radical (unpaired) electrons. The quantitative estimate of drug-likeness (QED) is 0.744. The molecule has 0 aromatic carbocycles. The second kappa shape index (κ2) is 7.56. The van der Waals surface area contributed by atoms with Crippen molar-refractivity contribution >= 4 is 16.7 Å². The van der Waals surface area contributed by atoms with Crippen LogP contribution in [-0.4, -0.2) is 32.4 Å². The average molecular weight is 365 g/mol. The number of aryl methyl sites for hydroxylation is 1. The number of ketones is 1. The van der Waals surface area contributed by atoms with Gasteiger partial charge >= 0.3 is 0 Å². The van der Waals surface area contributed by atoms with Crippen LogP contribution in [0.2, 0.25) is 0 Å². The molecular weight excluding hydrogens is 342 g/mol. The van der Waals surface area contributed by atoms with Crippen molar-refractivity contribution in [2.45, 2.75) is 39.0 Å². The molecule has 27 heavy (non-hydrogen) atoms. The maximum atomic E-state index is 12.6. The molecule has 1 N–H and O–H groups in total. The summed E-state index contributed by atoms with van der Waals surface area (Å²) in [5.74, 6) is 1.91. The molecule has 6 nitrogen and oxygen atoms in total. The smallest absolute Gasteiger partial charge is 0.191 e. The minimum atomic E-state index is 0.0850. The Hall–Kier alpha value is -2.60. The molecule has 0 bridgehead atoms. The highest BCUT2D eigenvalue weighted by Crippen LogP contribution is 2.30. The molecule has 0 amide bonds. The first kappa shape index (κ1) is 17.8. The van der Waals surface area contributed by atoms with Crippen LogP contribution in [0.15, 0.2) is 35.0 Å². The Morgan fingerprint density at radius 3 is 2.70 bits per heavy atom. The van der Waals surface area contributed by atoms with Gasteiger partial charge in [0.1, 0.15) is 11.5 Å². The van der Waals surface area contributed by atoms with Gasteiger partial charge < -0.3 is 9.52 Å². The molecule has 3 heterocycles. The van der Waals surface area contributed by atoms with Gasteiger partial charge in [-0.2, -0.15) is 0 Å². The molecule has 4 rings (SSSR count). The van der Waals surface area contributed by atoms with Crippen LogP contribution in [-0.2, 0) is 11.2 Å². The fraction of sp³-hybridized carbons (Fsp3) is 0.429. The van der Waals surface area contributed by atoms with E-state index in [-0.39, 0.29) is 18.3 Å². The summed E-state index contributed by atoms with van der Waals surface area (Å²) in [4.78, 5) is 25.8. The van der Waals surface area contributed by atoms with E-state index in [4.69, 9.17) is 4.42 Å². The highest BCUT2D eigenvalue weighted by atomic mass is 16.4. The van der Waals surface area contributed by atoms with Crippen molar-refractivity contribution in [1.29, 1.82) is 0 Å². The van der Waals surface area contributed by atoms with Crippen LogP contribution in [0.5, 0.6) is 0 Å². The summed E-state index contributed by atoms with van der Waals surface area (Å²) in [7, 11) is 0. The second-order valence-corrected chi connectivity index (χ2v) is 7.35. The van der Waals surface area contributed by atoms with Crippen molar-refractivity contribution in [2.24, 2.45) is 11.8 Å². The molecule has 1 saturated carbocycles. The van der Waals surface area contributed by atoms with Gasteiger partial charge in [0.05, 0.1) is 11.7 Å². The number of rotatable bonds is 5. The van der Waals surface area contributed by atoms with Crippen molar-refractivity contribution in [3.05, 3.63) is 42.2 Å². The number of nitrogens with zero attached hydrogens (tertiary/aromatic N) is 3. The number of carbonyl (C=O) groups excluding carboxylic acids is 1. The van der Waals surface area contributed by atoms with Crippen LogP contribution in [0.25, 0.3) is 22.4 Å². The van der Waals surface area contributed by atoms with Crippen LogP contribution in [0.4, 0.5) is 0 Å². The Morgan fingerprint density at radius 1 is 1.19 bits per heavy atom. The molecule has 1 aliphatic rings. The lowest BCUT2D eigenvalue weighted by Crippen LogP contribution is -2.24. The monoisotopic (exact) mass is 365 g/mol. The third-order valence-electron chi connectivity index (χ3n) is 5.42. The molecule has 3 aromatic rings. The van der Waals surface area contributed by atoms with E-state index < -0.39 is 0 Å². The first-order chi connectivity index (χ1) is 13.1. The number of aliphatic hydroxyl groups excluding tert-OH is 1. The van der Waals surface area contributed by atoms with Crippen molar-refractivity contribution in [2.75, 3.05) is 6.61 Å². The summed E-state index contributed by atoms with van der Waals surface area (Å²) in [6.07, 6.45) is 7.35. The van der Waals surface area contributed by atoms with Gasteiger partial charge in [0.2, 0.25) is 0 Å². The van der Waals surface area contributed by atoms with Gasteiger partial charge in [-0.1, -0.05) is 0 Å². The highest BCUT2D eigenvalue weighted by Gasteiger charge is 2.26. The molecular formula is C21H23N3O3. The molecule has 0 spiro atoms. The predicted molar refractivity (Wildman–Crippen MR) is 101 cm³/mol. The summed E-state index contributed by atoms with van der Waals surface area (Å²) in [5, 5.41) is 10.2. The van der Waals surface area contributed by atoms with E-state index in [0.717, 1.165) is 42.3 Å². The van der Waals surface area contributed by atoms with Crippen molar-refractivity contribution in [1.82, 2.24) is 15.0 Å². The van der Waals surface area contributed by atoms with Crippen molar-refractivity contribution in [3.63, 3.8) is 0 Å². The zero-order chi connectivity index (χ0) is 18.8. The van der Waals surface area contributed by atoms with E-state index in [9.17, 15) is 9.90 Å². The standard InChI is InChI=1S/C21H23N3O3/c1-13-22-11-21(27-13)18-7-6-16-10-23-17(8-19(16)24-18)9-20(26)15-4-2-14(12-25)3-5-15/h6-8,10-11,14-15,25H,2-5,9,12H2,1H3. The Labute approximate surface area is 157 Å². The first-order valence-corrected chi connectivity index (χ1v) is 9.44. The summed E-state index contributed by atoms with van der Waals surface area (Å²) in [6.45, 7) is 2.03. The lowest BCUT2D eigenvalue weighted by atomic mass is 9.79.